The molecule has 2 rings (SSSR count). The van der Waals surface area contributed by atoms with Crippen molar-refractivity contribution in [2.75, 3.05) is 0 Å². The van der Waals surface area contributed by atoms with Gasteiger partial charge in [-0.3, -0.25) is 0 Å². The molecule has 4 nitrogen and oxygen atoms in total. The Morgan fingerprint density at radius 3 is 2.94 bits per heavy atom. The van der Waals surface area contributed by atoms with Crippen molar-refractivity contribution in [2.45, 2.75) is 17.9 Å². The standard InChI is InChI=1S/C11H8FN3OS/c1-7-14-15-11(16-7)17-6-8-2-3-10(12)9(4-8)5-13/h2-4H,6H2,1H3. The van der Waals surface area contributed by atoms with E-state index in [1.54, 1.807) is 19.1 Å². The van der Waals surface area contributed by atoms with Gasteiger partial charge in [0, 0.05) is 12.7 Å². The number of hydrogen-bond acceptors (Lipinski definition) is 5. The molecule has 0 atom stereocenters. The molecule has 0 radical (unpaired) electrons. The maximum atomic E-state index is 13.1. The number of aromatic nitrogens is 2. The SMILES string of the molecule is Cc1nnc(SCc2ccc(F)c(C#N)c2)o1. The first-order valence-corrected chi connectivity index (χ1v) is 5.79. The average molecular weight is 249 g/mol. The number of hydrogen-bond donors (Lipinski definition) is 0. The lowest BCUT2D eigenvalue weighted by atomic mass is 10.1. The first kappa shape index (κ1) is 11.6. The molecule has 6 heteroatoms. The lowest BCUT2D eigenvalue weighted by Crippen LogP contribution is -1.87. The van der Waals surface area contributed by atoms with E-state index in [0.717, 1.165) is 5.56 Å². The van der Waals surface area contributed by atoms with Crippen LogP contribution in [0.2, 0.25) is 0 Å². The van der Waals surface area contributed by atoms with Crippen molar-refractivity contribution in [1.82, 2.24) is 10.2 Å². The van der Waals surface area contributed by atoms with E-state index in [2.05, 4.69) is 10.2 Å². The Balaban J connectivity index is 2.07. The average Bonchev–Trinajstić information content (AvgIpc) is 2.74. The molecule has 0 amide bonds. The summed E-state index contributed by atoms with van der Waals surface area (Å²) in [6, 6.07) is 6.24. The van der Waals surface area contributed by atoms with Crippen molar-refractivity contribution in [2.24, 2.45) is 0 Å². The third-order valence-electron chi connectivity index (χ3n) is 2.02. The lowest BCUT2D eigenvalue weighted by molar-refractivity contribution is 0.429. The van der Waals surface area contributed by atoms with Crippen LogP contribution in [-0.2, 0) is 5.75 Å². The number of nitrogens with zero attached hydrogens (tertiary/aromatic N) is 3. The molecule has 0 aliphatic heterocycles. The molecule has 0 saturated heterocycles. The Kier molecular flexibility index (Phi) is 3.40. The van der Waals surface area contributed by atoms with Crippen LogP contribution in [0.5, 0.6) is 0 Å². The third-order valence-corrected chi connectivity index (χ3v) is 2.91. The predicted octanol–water partition coefficient (Wildman–Crippen LogP) is 2.68. The van der Waals surface area contributed by atoms with Crippen LogP contribution >= 0.6 is 11.8 Å². The summed E-state index contributed by atoms with van der Waals surface area (Å²) in [5, 5.41) is 16.7. The van der Waals surface area contributed by atoms with Crippen LogP contribution in [0.4, 0.5) is 4.39 Å². The van der Waals surface area contributed by atoms with Gasteiger partial charge in [0.2, 0.25) is 5.89 Å². The predicted molar refractivity (Wildman–Crippen MR) is 59.7 cm³/mol. The van der Waals surface area contributed by atoms with Gasteiger partial charge in [0.1, 0.15) is 11.9 Å². The second-order valence-electron chi connectivity index (χ2n) is 3.30. The lowest BCUT2D eigenvalue weighted by Gasteiger charge is -1.99. The molecule has 0 bridgehead atoms. The van der Waals surface area contributed by atoms with E-state index in [4.69, 9.17) is 9.68 Å². The van der Waals surface area contributed by atoms with Crippen molar-refractivity contribution < 1.29 is 8.81 Å². The topological polar surface area (TPSA) is 62.7 Å². The Hall–Kier alpha value is -1.87. The molecule has 17 heavy (non-hydrogen) atoms. The highest BCUT2D eigenvalue weighted by Crippen LogP contribution is 2.22. The molecular formula is C11H8FN3OS. The normalized spacial score (nSPS) is 10.2. The molecule has 0 saturated carbocycles. The summed E-state index contributed by atoms with van der Waals surface area (Å²) in [6.45, 7) is 1.71. The molecule has 2 aromatic rings. The van der Waals surface area contributed by atoms with Gasteiger partial charge in [0.25, 0.3) is 5.22 Å². The van der Waals surface area contributed by atoms with Gasteiger partial charge >= 0.3 is 0 Å². The molecular weight excluding hydrogens is 241 g/mol. The first-order valence-electron chi connectivity index (χ1n) is 4.80. The minimum Gasteiger partial charge on any atom is -0.416 e. The molecule has 1 aromatic carbocycles. The molecule has 0 aliphatic carbocycles. The van der Waals surface area contributed by atoms with E-state index in [1.807, 2.05) is 0 Å². The molecule has 0 unspecified atom stereocenters. The van der Waals surface area contributed by atoms with E-state index in [9.17, 15) is 4.39 Å². The van der Waals surface area contributed by atoms with E-state index >= 15 is 0 Å². The zero-order valence-corrected chi connectivity index (χ0v) is 9.79. The van der Waals surface area contributed by atoms with Crippen LogP contribution in [-0.4, -0.2) is 10.2 Å². The number of benzene rings is 1. The summed E-state index contributed by atoms with van der Waals surface area (Å²) in [5.74, 6) is 0.551. The smallest absolute Gasteiger partial charge is 0.276 e. The highest BCUT2D eigenvalue weighted by molar-refractivity contribution is 7.98. The minimum atomic E-state index is -0.505. The fourth-order valence-electron chi connectivity index (χ4n) is 1.23. The molecule has 0 fully saturated rings. The molecule has 0 aliphatic rings. The van der Waals surface area contributed by atoms with Crippen LogP contribution in [0.25, 0.3) is 0 Å². The maximum absolute atomic E-state index is 13.1. The summed E-state index contributed by atoms with van der Waals surface area (Å²) < 4.78 is 18.3. The van der Waals surface area contributed by atoms with E-state index in [0.29, 0.717) is 16.9 Å². The summed E-state index contributed by atoms with van der Waals surface area (Å²) in [7, 11) is 0. The van der Waals surface area contributed by atoms with Gasteiger partial charge in [-0.15, -0.1) is 10.2 Å². The van der Waals surface area contributed by atoms with Gasteiger partial charge in [-0.25, -0.2) is 4.39 Å². The minimum absolute atomic E-state index is 0.0461. The summed E-state index contributed by atoms with van der Waals surface area (Å²) in [5.41, 5.74) is 0.883. The van der Waals surface area contributed by atoms with Gasteiger partial charge in [0.15, 0.2) is 0 Å². The molecule has 1 aromatic heterocycles. The van der Waals surface area contributed by atoms with Crippen LogP contribution in [0.1, 0.15) is 17.0 Å². The van der Waals surface area contributed by atoms with Crippen molar-refractivity contribution in [3.05, 3.63) is 41.0 Å². The van der Waals surface area contributed by atoms with E-state index in [1.165, 1.54) is 23.9 Å². The van der Waals surface area contributed by atoms with Crippen molar-refractivity contribution in [3.8, 4) is 6.07 Å². The number of aryl methyl sites for hydroxylation is 1. The van der Waals surface area contributed by atoms with Gasteiger partial charge < -0.3 is 4.42 Å². The zero-order valence-electron chi connectivity index (χ0n) is 8.98. The van der Waals surface area contributed by atoms with Crippen LogP contribution in [0.15, 0.2) is 27.8 Å². The highest BCUT2D eigenvalue weighted by atomic mass is 32.2. The highest BCUT2D eigenvalue weighted by Gasteiger charge is 2.06. The molecule has 0 spiro atoms. The van der Waals surface area contributed by atoms with E-state index < -0.39 is 5.82 Å². The second-order valence-corrected chi connectivity index (χ2v) is 4.23. The number of rotatable bonds is 3. The molecule has 86 valence electrons. The van der Waals surface area contributed by atoms with Crippen LogP contribution < -0.4 is 0 Å². The number of nitriles is 1. The summed E-state index contributed by atoms with van der Waals surface area (Å²) in [6.07, 6.45) is 0. The fourth-order valence-corrected chi connectivity index (χ4v) is 1.98. The van der Waals surface area contributed by atoms with Crippen LogP contribution in [0.3, 0.4) is 0 Å². The van der Waals surface area contributed by atoms with Gasteiger partial charge in [-0.05, 0) is 17.7 Å². The third kappa shape index (κ3) is 2.82. The first-order chi connectivity index (χ1) is 8.19. The largest absolute Gasteiger partial charge is 0.416 e. The van der Waals surface area contributed by atoms with Gasteiger partial charge in [0.05, 0.1) is 5.56 Å². The van der Waals surface area contributed by atoms with Gasteiger partial charge in [-0.2, -0.15) is 5.26 Å². The Labute approximate surface area is 101 Å². The summed E-state index contributed by atoms with van der Waals surface area (Å²) in [4.78, 5) is 0. The van der Waals surface area contributed by atoms with E-state index in [-0.39, 0.29) is 5.56 Å². The number of thioether (sulfide) groups is 1. The van der Waals surface area contributed by atoms with Crippen molar-refractivity contribution in [1.29, 1.82) is 5.26 Å². The number of halogens is 1. The fraction of sp³-hybridized carbons (Fsp3) is 0.182. The van der Waals surface area contributed by atoms with Gasteiger partial charge in [-0.1, -0.05) is 17.8 Å². The Morgan fingerprint density at radius 1 is 1.47 bits per heavy atom. The maximum Gasteiger partial charge on any atom is 0.276 e. The second kappa shape index (κ2) is 4.97. The quantitative estimate of drug-likeness (QED) is 0.782. The Morgan fingerprint density at radius 2 is 2.29 bits per heavy atom. The molecule has 1 heterocycles. The van der Waals surface area contributed by atoms with Crippen LogP contribution in [0, 0.1) is 24.1 Å². The zero-order chi connectivity index (χ0) is 12.3. The van der Waals surface area contributed by atoms with Crippen molar-refractivity contribution in [3.63, 3.8) is 0 Å². The molecule has 0 N–H and O–H groups in total. The monoisotopic (exact) mass is 249 g/mol. The van der Waals surface area contributed by atoms with Crippen molar-refractivity contribution >= 4 is 11.8 Å². The Bertz CT molecular complexity index is 576. The summed E-state index contributed by atoms with van der Waals surface area (Å²) >= 11 is 1.35.